The van der Waals surface area contributed by atoms with E-state index in [-0.39, 0.29) is 31.5 Å². The van der Waals surface area contributed by atoms with Crippen LogP contribution in [-0.2, 0) is 20.9 Å². The molecule has 0 spiro atoms. The molecule has 0 N–H and O–H groups in total. The highest BCUT2D eigenvalue weighted by molar-refractivity contribution is 5.81. The third-order valence-corrected chi connectivity index (χ3v) is 4.34. The number of hydrogen-bond acceptors (Lipinski definition) is 6. The summed E-state index contributed by atoms with van der Waals surface area (Å²) < 4.78 is 15.3. The van der Waals surface area contributed by atoms with E-state index in [4.69, 9.17) is 9.47 Å². The zero-order chi connectivity index (χ0) is 16.9. The van der Waals surface area contributed by atoms with Crippen LogP contribution in [0.5, 0.6) is 11.5 Å². The summed E-state index contributed by atoms with van der Waals surface area (Å²) in [5, 5.41) is 0. The first-order valence-electron chi connectivity index (χ1n) is 8.11. The lowest BCUT2D eigenvalue weighted by molar-refractivity contribution is -0.144. The lowest BCUT2D eigenvalue weighted by Crippen LogP contribution is -2.48. The van der Waals surface area contributed by atoms with Crippen molar-refractivity contribution in [3.05, 3.63) is 23.8 Å². The topological polar surface area (TPSA) is 68.3 Å². The molecular formula is C17H22N2O5. The van der Waals surface area contributed by atoms with Crippen LogP contribution in [0.4, 0.5) is 0 Å². The molecule has 130 valence electrons. The zero-order valence-corrected chi connectivity index (χ0v) is 13.8. The molecule has 0 bridgehead atoms. The van der Waals surface area contributed by atoms with Crippen LogP contribution in [0.25, 0.3) is 0 Å². The van der Waals surface area contributed by atoms with E-state index in [1.807, 2.05) is 23.1 Å². The SMILES string of the molecule is COC(=O)CCC(=O)N1CCN(Cc2ccc3c(c2)OCO3)CC1. The molecule has 1 aromatic rings. The first kappa shape index (κ1) is 16.6. The molecule has 0 aliphatic carbocycles. The minimum absolute atomic E-state index is 0.0168. The third-order valence-electron chi connectivity index (χ3n) is 4.34. The van der Waals surface area contributed by atoms with E-state index in [1.165, 1.54) is 12.7 Å². The summed E-state index contributed by atoms with van der Waals surface area (Å²) in [5.74, 6) is 1.26. The highest BCUT2D eigenvalue weighted by atomic mass is 16.7. The maximum absolute atomic E-state index is 12.1. The Labute approximate surface area is 141 Å². The molecule has 2 aliphatic heterocycles. The normalized spacial score (nSPS) is 17.0. The summed E-state index contributed by atoms with van der Waals surface area (Å²) in [6, 6.07) is 5.99. The molecule has 7 nitrogen and oxygen atoms in total. The summed E-state index contributed by atoms with van der Waals surface area (Å²) in [6.07, 6.45) is 0.363. The number of nitrogens with zero attached hydrogens (tertiary/aromatic N) is 2. The monoisotopic (exact) mass is 334 g/mol. The number of hydrogen-bond donors (Lipinski definition) is 0. The Hall–Kier alpha value is -2.28. The fourth-order valence-corrected chi connectivity index (χ4v) is 2.92. The Bertz CT molecular complexity index is 611. The summed E-state index contributed by atoms with van der Waals surface area (Å²) in [6.45, 7) is 4.11. The predicted octanol–water partition coefficient (Wildman–Crippen LogP) is 1.01. The average molecular weight is 334 g/mol. The van der Waals surface area contributed by atoms with Gasteiger partial charge in [-0.25, -0.2) is 0 Å². The summed E-state index contributed by atoms with van der Waals surface area (Å²) in [4.78, 5) is 27.3. The lowest BCUT2D eigenvalue weighted by atomic mass is 10.1. The Morgan fingerprint density at radius 3 is 2.58 bits per heavy atom. The molecule has 7 heteroatoms. The molecule has 24 heavy (non-hydrogen) atoms. The number of piperazine rings is 1. The van der Waals surface area contributed by atoms with Gasteiger partial charge in [-0.1, -0.05) is 6.07 Å². The van der Waals surface area contributed by atoms with Crippen molar-refractivity contribution < 1.29 is 23.8 Å². The number of esters is 1. The molecule has 0 saturated carbocycles. The molecule has 0 atom stereocenters. The van der Waals surface area contributed by atoms with Crippen LogP contribution in [0, 0.1) is 0 Å². The summed E-state index contributed by atoms with van der Waals surface area (Å²) in [7, 11) is 1.34. The van der Waals surface area contributed by atoms with Gasteiger partial charge in [0.05, 0.1) is 13.5 Å². The summed E-state index contributed by atoms with van der Waals surface area (Å²) in [5.41, 5.74) is 1.17. The zero-order valence-electron chi connectivity index (χ0n) is 13.8. The number of ether oxygens (including phenoxy) is 3. The number of carbonyl (C=O) groups excluding carboxylic acids is 2. The number of rotatable bonds is 5. The second-order valence-corrected chi connectivity index (χ2v) is 5.92. The standard InChI is InChI=1S/C17H22N2O5/c1-22-17(21)5-4-16(20)19-8-6-18(7-9-19)11-13-2-3-14-15(10-13)24-12-23-14/h2-3,10H,4-9,11-12H2,1H3. The van der Waals surface area contributed by atoms with Crippen LogP contribution in [-0.4, -0.2) is 61.8 Å². The van der Waals surface area contributed by atoms with Crippen molar-refractivity contribution in [3.8, 4) is 11.5 Å². The highest BCUT2D eigenvalue weighted by Gasteiger charge is 2.22. The van der Waals surface area contributed by atoms with Crippen molar-refractivity contribution in [2.75, 3.05) is 40.1 Å². The van der Waals surface area contributed by atoms with E-state index in [0.717, 1.165) is 31.1 Å². The van der Waals surface area contributed by atoms with Crippen LogP contribution < -0.4 is 9.47 Å². The molecular weight excluding hydrogens is 312 g/mol. The molecule has 2 heterocycles. The van der Waals surface area contributed by atoms with Gasteiger partial charge in [0.1, 0.15) is 0 Å². The largest absolute Gasteiger partial charge is 0.469 e. The second-order valence-electron chi connectivity index (χ2n) is 5.92. The first-order valence-corrected chi connectivity index (χ1v) is 8.11. The van der Waals surface area contributed by atoms with E-state index >= 15 is 0 Å². The fourth-order valence-electron chi connectivity index (χ4n) is 2.92. The van der Waals surface area contributed by atoms with Crippen molar-refractivity contribution in [2.45, 2.75) is 19.4 Å². The number of carbonyl (C=O) groups is 2. The van der Waals surface area contributed by atoms with Crippen LogP contribution in [0.1, 0.15) is 18.4 Å². The maximum atomic E-state index is 12.1. The molecule has 3 rings (SSSR count). The van der Waals surface area contributed by atoms with Crippen LogP contribution in [0.3, 0.4) is 0 Å². The molecule has 1 amide bonds. The van der Waals surface area contributed by atoms with Crippen LogP contribution >= 0.6 is 0 Å². The molecule has 2 aliphatic rings. The van der Waals surface area contributed by atoms with Gasteiger partial charge < -0.3 is 19.1 Å². The first-order chi connectivity index (χ1) is 11.7. The van der Waals surface area contributed by atoms with Gasteiger partial charge in [-0.2, -0.15) is 0 Å². The second kappa shape index (κ2) is 7.53. The van der Waals surface area contributed by atoms with Gasteiger partial charge in [0.2, 0.25) is 12.7 Å². The van der Waals surface area contributed by atoms with Gasteiger partial charge in [-0.05, 0) is 17.7 Å². The van der Waals surface area contributed by atoms with Crippen molar-refractivity contribution in [3.63, 3.8) is 0 Å². The van der Waals surface area contributed by atoms with Gasteiger partial charge in [0.15, 0.2) is 11.5 Å². The molecule has 0 aromatic heterocycles. The van der Waals surface area contributed by atoms with Gasteiger partial charge in [-0.15, -0.1) is 0 Å². The van der Waals surface area contributed by atoms with E-state index in [1.54, 1.807) is 0 Å². The van der Waals surface area contributed by atoms with E-state index in [2.05, 4.69) is 9.64 Å². The smallest absolute Gasteiger partial charge is 0.306 e. The van der Waals surface area contributed by atoms with E-state index in [0.29, 0.717) is 13.1 Å². The average Bonchev–Trinajstić information content (AvgIpc) is 3.07. The Morgan fingerprint density at radius 1 is 1.08 bits per heavy atom. The van der Waals surface area contributed by atoms with Crippen molar-refractivity contribution in [2.24, 2.45) is 0 Å². The predicted molar refractivity (Wildman–Crippen MR) is 85.7 cm³/mol. The Kier molecular flexibility index (Phi) is 5.20. The fraction of sp³-hybridized carbons (Fsp3) is 0.529. The minimum atomic E-state index is -0.343. The van der Waals surface area contributed by atoms with Gasteiger partial charge >= 0.3 is 5.97 Å². The van der Waals surface area contributed by atoms with Crippen molar-refractivity contribution in [1.29, 1.82) is 0 Å². The Balaban J connectivity index is 1.45. The quantitative estimate of drug-likeness (QED) is 0.749. The molecule has 1 aromatic carbocycles. The van der Waals surface area contributed by atoms with Crippen molar-refractivity contribution >= 4 is 11.9 Å². The highest BCUT2D eigenvalue weighted by Crippen LogP contribution is 2.32. The number of fused-ring (bicyclic) bond motifs is 1. The number of benzene rings is 1. The van der Waals surface area contributed by atoms with Gasteiger partial charge in [0, 0.05) is 39.1 Å². The van der Waals surface area contributed by atoms with Gasteiger partial charge in [0.25, 0.3) is 0 Å². The van der Waals surface area contributed by atoms with E-state index < -0.39 is 0 Å². The minimum Gasteiger partial charge on any atom is -0.469 e. The summed E-state index contributed by atoms with van der Waals surface area (Å²) >= 11 is 0. The molecule has 0 unspecified atom stereocenters. The van der Waals surface area contributed by atoms with Crippen molar-refractivity contribution in [1.82, 2.24) is 9.80 Å². The lowest BCUT2D eigenvalue weighted by Gasteiger charge is -2.34. The van der Waals surface area contributed by atoms with Crippen LogP contribution in [0.15, 0.2) is 18.2 Å². The molecule has 1 fully saturated rings. The third kappa shape index (κ3) is 3.97. The maximum Gasteiger partial charge on any atom is 0.306 e. The number of amides is 1. The number of methoxy groups -OCH3 is 1. The van der Waals surface area contributed by atoms with E-state index in [9.17, 15) is 9.59 Å². The van der Waals surface area contributed by atoms with Crippen LogP contribution in [0.2, 0.25) is 0 Å². The Morgan fingerprint density at radius 2 is 1.83 bits per heavy atom. The van der Waals surface area contributed by atoms with Gasteiger partial charge in [-0.3, -0.25) is 14.5 Å². The molecule has 1 saturated heterocycles. The molecule has 0 radical (unpaired) electrons.